The number of carbonyl (C=O) groups excluding carboxylic acids is 2. The number of methoxy groups -OCH3 is 1. The van der Waals surface area contributed by atoms with Crippen LogP contribution >= 0.6 is 0 Å². The van der Waals surface area contributed by atoms with Crippen molar-refractivity contribution in [3.05, 3.63) is 64.3 Å². The molecule has 0 aliphatic carbocycles. The van der Waals surface area contributed by atoms with Gasteiger partial charge in [0.2, 0.25) is 5.91 Å². The Labute approximate surface area is 177 Å². The van der Waals surface area contributed by atoms with E-state index < -0.39 is 23.0 Å². The molecule has 0 aliphatic rings. The molecule has 2 aromatic carbocycles. The summed E-state index contributed by atoms with van der Waals surface area (Å²) in [6, 6.07) is 10.7. The molecule has 3 aromatic rings. The predicted octanol–water partition coefficient (Wildman–Crippen LogP) is 3.38. The summed E-state index contributed by atoms with van der Waals surface area (Å²) in [5.74, 6) is -0.471. The minimum atomic E-state index is -0.973. The summed E-state index contributed by atoms with van der Waals surface area (Å²) in [7, 11) is 1.32. The average molecular weight is 426 g/mol. The van der Waals surface area contributed by atoms with E-state index in [4.69, 9.17) is 9.47 Å². The molecule has 3 rings (SSSR count). The molecule has 0 aliphatic heterocycles. The van der Waals surface area contributed by atoms with Gasteiger partial charge in [-0.05, 0) is 30.7 Å². The maximum Gasteiger partial charge on any atom is 0.407 e. The van der Waals surface area contributed by atoms with Crippen LogP contribution in [0.15, 0.2) is 48.7 Å². The van der Waals surface area contributed by atoms with Crippen LogP contribution in [0.3, 0.4) is 0 Å². The number of benzene rings is 2. The average Bonchev–Trinajstić information content (AvgIpc) is 3.16. The van der Waals surface area contributed by atoms with Crippen molar-refractivity contribution < 1.29 is 24.0 Å². The fourth-order valence-electron chi connectivity index (χ4n) is 3.18. The summed E-state index contributed by atoms with van der Waals surface area (Å²) in [5.41, 5.74) is 1.64. The lowest BCUT2D eigenvalue weighted by molar-refractivity contribution is -0.385. The van der Waals surface area contributed by atoms with E-state index in [-0.39, 0.29) is 30.2 Å². The normalized spacial score (nSPS) is 11.5. The molecule has 1 heterocycles. The highest BCUT2D eigenvalue weighted by atomic mass is 16.6. The van der Waals surface area contributed by atoms with Crippen molar-refractivity contribution in [3.8, 4) is 5.75 Å². The van der Waals surface area contributed by atoms with Crippen LogP contribution in [0.5, 0.6) is 5.75 Å². The number of hydrogen-bond donors (Lipinski definition) is 3. The fraction of sp³-hybridized carbons (Fsp3) is 0.238. The third-order valence-corrected chi connectivity index (χ3v) is 4.63. The first-order chi connectivity index (χ1) is 14.9. The summed E-state index contributed by atoms with van der Waals surface area (Å²) in [5, 5.41) is 17.3. The highest BCUT2D eigenvalue weighted by Crippen LogP contribution is 2.29. The quantitative estimate of drug-likeness (QED) is 0.373. The number of para-hydroxylation sites is 1. The fourth-order valence-corrected chi connectivity index (χ4v) is 3.18. The van der Waals surface area contributed by atoms with Gasteiger partial charge < -0.3 is 25.1 Å². The van der Waals surface area contributed by atoms with Crippen LogP contribution in [-0.4, -0.2) is 41.7 Å². The molecular formula is C21H22N4O6. The van der Waals surface area contributed by atoms with Gasteiger partial charge in [0, 0.05) is 35.3 Å². The van der Waals surface area contributed by atoms with E-state index in [1.54, 1.807) is 13.1 Å². The van der Waals surface area contributed by atoms with Gasteiger partial charge in [-0.1, -0.05) is 18.2 Å². The first-order valence-electron chi connectivity index (χ1n) is 9.54. The van der Waals surface area contributed by atoms with E-state index in [1.165, 1.54) is 25.3 Å². The van der Waals surface area contributed by atoms with E-state index in [1.807, 2.05) is 24.3 Å². The Balaban J connectivity index is 1.84. The van der Waals surface area contributed by atoms with Crippen LogP contribution in [-0.2, 0) is 16.0 Å². The van der Waals surface area contributed by atoms with Gasteiger partial charge in [0.15, 0.2) is 5.75 Å². The van der Waals surface area contributed by atoms with Crippen LogP contribution in [0, 0.1) is 10.1 Å². The Morgan fingerprint density at radius 3 is 2.71 bits per heavy atom. The van der Waals surface area contributed by atoms with Gasteiger partial charge in [-0.2, -0.15) is 0 Å². The molecule has 1 aromatic heterocycles. The molecule has 3 N–H and O–H groups in total. The number of hydrogen-bond acceptors (Lipinski definition) is 6. The zero-order valence-electron chi connectivity index (χ0n) is 17.0. The van der Waals surface area contributed by atoms with Crippen LogP contribution in [0.2, 0.25) is 0 Å². The molecule has 2 amide bonds. The van der Waals surface area contributed by atoms with Crippen molar-refractivity contribution in [1.29, 1.82) is 0 Å². The number of H-pyrrole nitrogens is 1. The topological polar surface area (TPSA) is 136 Å². The number of anilines is 1. The molecule has 1 atom stereocenters. The predicted molar refractivity (Wildman–Crippen MR) is 114 cm³/mol. The molecule has 0 saturated carbocycles. The second-order valence-corrected chi connectivity index (χ2v) is 6.61. The van der Waals surface area contributed by atoms with Crippen LogP contribution in [0.25, 0.3) is 10.9 Å². The van der Waals surface area contributed by atoms with Crippen LogP contribution < -0.4 is 15.4 Å². The monoisotopic (exact) mass is 426 g/mol. The van der Waals surface area contributed by atoms with Gasteiger partial charge in [-0.15, -0.1) is 0 Å². The third-order valence-electron chi connectivity index (χ3n) is 4.63. The van der Waals surface area contributed by atoms with E-state index in [0.717, 1.165) is 16.5 Å². The number of ether oxygens (including phenoxy) is 2. The lowest BCUT2D eigenvalue weighted by Crippen LogP contribution is -2.45. The second kappa shape index (κ2) is 9.61. The number of rotatable bonds is 8. The molecular weight excluding hydrogens is 404 g/mol. The van der Waals surface area contributed by atoms with Gasteiger partial charge >= 0.3 is 11.8 Å². The van der Waals surface area contributed by atoms with Gasteiger partial charge in [0.1, 0.15) is 6.04 Å². The molecule has 162 valence electrons. The molecule has 0 saturated heterocycles. The van der Waals surface area contributed by atoms with E-state index in [0.29, 0.717) is 0 Å². The van der Waals surface area contributed by atoms with Gasteiger partial charge in [0.25, 0.3) is 0 Å². The number of aromatic nitrogens is 1. The number of carbonyl (C=O) groups is 2. The largest absolute Gasteiger partial charge is 0.490 e. The van der Waals surface area contributed by atoms with Gasteiger partial charge in [-0.3, -0.25) is 14.9 Å². The minimum absolute atomic E-state index is 0.0722. The maximum absolute atomic E-state index is 13.0. The zero-order chi connectivity index (χ0) is 22.4. The SMILES string of the molecule is CCOC(=O)N[C@H](Cc1c[nH]c2ccccc12)C(=O)Nc1ccc(OC)c([N+](=O)[O-])c1. The number of aromatic amines is 1. The Morgan fingerprint density at radius 2 is 2.00 bits per heavy atom. The number of alkyl carbamates (subject to hydrolysis) is 1. The van der Waals surface area contributed by atoms with Crippen LogP contribution in [0.4, 0.5) is 16.2 Å². The maximum atomic E-state index is 13.0. The molecule has 31 heavy (non-hydrogen) atoms. The standard InChI is InChI=1S/C21H22N4O6/c1-3-31-21(27)24-17(10-13-12-22-16-7-5-4-6-15(13)16)20(26)23-14-8-9-19(30-2)18(11-14)25(28)29/h4-9,11-12,17,22H,3,10H2,1-2H3,(H,23,26)(H,24,27)/t17-/m1/s1. The van der Waals surface area contributed by atoms with E-state index >= 15 is 0 Å². The van der Waals surface area contributed by atoms with Gasteiger partial charge in [0.05, 0.1) is 18.6 Å². The number of amides is 2. The molecule has 0 bridgehead atoms. The summed E-state index contributed by atoms with van der Waals surface area (Å²) in [6.45, 7) is 1.81. The summed E-state index contributed by atoms with van der Waals surface area (Å²) in [4.78, 5) is 38.7. The van der Waals surface area contributed by atoms with Crippen molar-refractivity contribution in [3.63, 3.8) is 0 Å². The number of nitro groups is 1. The molecule has 0 spiro atoms. The number of nitrogens with one attached hydrogen (secondary N) is 3. The lowest BCUT2D eigenvalue weighted by atomic mass is 10.0. The van der Waals surface area contributed by atoms with Crippen LogP contribution in [0.1, 0.15) is 12.5 Å². The first-order valence-corrected chi connectivity index (χ1v) is 9.54. The molecule has 0 unspecified atom stereocenters. The number of fused-ring (bicyclic) bond motifs is 1. The Kier molecular flexibility index (Phi) is 6.71. The Bertz CT molecular complexity index is 1110. The summed E-state index contributed by atoms with van der Waals surface area (Å²) < 4.78 is 9.89. The van der Waals surface area contributed by atoms with Crippen molar-refractivity contribution >= 4 is 34.3 Å². The van der Waals surface area contributed by atoms with Crippen molar-refractivity contribution in [2.75, 3.05) is 19.0 Å². The Hall–Kier alpha value is -4.08. The van der Waals surface area contributed by atoms with Crippen molar-refractivity contribution in [2.24, 2.45) is 0 Å². The molecule has 10 heteroatoms. The molecule has 0 radical (unpaired) electrons. The third kappa shape index (κ3) is 5.10. The van der Waals surface area contributed by atoms with E-state index in [9.17, 15) is 19.7 Å². The highest BCUT2D eigenvalue weighted by molar-refractivity contribution is 5.97. The van der Waals surface area contributed by atoms with E-state index in [2.05, 4.69) is 15.6 Å². The summed E-state index contributed by atoms with van der Waals surface area (Å²) in [6.07, 6.45) is 1.23. The minimum Gasteiger partial charge on any atom is -0.490 e. The number of nitro benzene ring substituents is 1. The second-order valence-electron chi connectivity index (χ2n) is 6.61. The Morgan fingerprint density at radius 1 is 1.23 bits per heavy atom. The smallest absolute Gasteiger partial charge is 0.407 e. The summed E-state index contributed by atoms with van der Waals surface area (Å²) >= 11 is 0. The first kappa shape index (κ1) is 21.6. The van der Waals surface area contributed by atoms with Crippen molar-refractivity contribution in [2.45, 2.75) is 19.4 Å². The lowest BCUT2D eigenvalue weighted by Gasteiger charge is -2.18. The van der Waals surface area contributed by atoms with Crippen molar-refractivity contribution in [1.82, 2.24) is 10.3 Å². The highest BCUT2D eigenvalue weighted by Gasteiger charge is 2.24. The molecule has 10 nitrogen and oxygen atoms in total. The molecule has 0 fully saturated rings. The number of nitrogens with zero attached hydrogens (tertiary/aromatic N) is 1. The van der Waals surface area contributed by atoms with Gasteiger partial charge in [-0.25, -0.2) is 4.79 Å². The zero-order valence-corrected chi connectivity index (χ0v) is 17.0.